The standard InChI is InChI=1S/C44H71NO13/c1-23-19-25(3)54-41(35(23)48)58-39-27(5)36(57-33-22-42(8,9)38(50)29(7)55-33)28(6)40(51)56-31(17-18-45-32(46)20-30-15-13-12-14-16-30)44(11,53)37(49)26(4)34(47)24(2)21-43(39,10)52/h12-16,23-29,31,33,35-39,41,48-50,52-53H,17-22H2,1-11H3,(H,45,46)/t23?,24-,25?,26+,27+,28-,29?,31-,33?,35?,36+,37-,38?,39-,41?,43-,44-/m1/s1. The first-order chi connectivity index (χ1) is 26.9. The van der Waals surface area contributed by atoms with Crippen molar-refractivity contribution in [1.82, 2.24) is 5.32 Å². The summed E-state index contributed by atoms with van der Waals surface area (Å²) in [6.45, 7) is 18.5. The lowest BCUT2D eigenvalue weighted by atomic mass is 9.74. The van der Waals surface area contributed by atoms with E-state index in [1.807, 2.05) is 58.0 Å². The summed E-state index contributed by atoms with van der Waals surface area (Å²) in [5.74, 6) is -5.80. The topological polar surface area (TPSA) is 211 Å². The van der Waals surface area contributed by atoms with E-state index in [4.69, 9.17) is 23.7 Å². The summed E-state index contributed by atoms with van der Waals surface area (Å²) >= 11 is 0. The van der Waals surface area contributed by atoms with Crippen LogP contribution in [-0.2, 0) is 44.5 Å². The van der Waals surface area contributed by atoms with Crippen LogP contribution in [0.3, 0.4) is 0 Å². The molecule has 3 aliphatic rings. The highest BCUT2D eigenvalue weighted by atomic mass is 16.7. The number of carbonyl (C=O) groups excluding carboxylic acids is 3. The summed E-state index contributed by atoms with van der Waals surface area (Å²) in [4.78, 5) is 41.4. The fourth-order valence-electron chi connectivity index (χ4n) is 9.24. The fourth-order valence-corrected chi connectivity index (χ4v) is 9.24. The second kappa shape index (κ2) is 19.5. The van der Waals surface area contributed by atoms with Crippen molar-refractivity contribution >= 4 is 17.7 Å². The smallest absolute Gasteiger partial charge is 0.311 e. The maximum Gasteiger partial charge on any atom is 0.311 e. The average Bonchev–Trinajstić information content (AvgIpc) is 3.14. The Morgan fingerprint density at radius 3 is 2.12 bits per heavy atom. The zero-order valence-electron chi connectivity index (χ0n) is 36.3. The van der Waals surface area contributed by atoms with Gasteiger partial charge in [0.05, 0.1) is 54.6 Å². The Labute approximate surface area is 344 Å². The monoisotopic (exact) mass is 821 g/mol. The van der Waals surface area contributed by atoms with Gasteiger partial charge in [-0.1, -0.05) is 71.9 Å². The molecular formula is C44H71NO13. The van der Waals surface area contributed by atoms with Crippen LogP contribution >= 0.6 is 0 Å². The first kappa shape index (κ1) is 48.1. The molecule has 330 valence electrons. The number of ketones is 1. The van der Waals surface area contributed by atoms with E-state index in [1.54, 1.807) is 27.7 Å². The van der Waals surface area contributed by atoms with Gasteiger partial charge in [0.2, 0.25) is 5.91 Å². The predicted octanol–water partition coefficient (Wildman–Crippen LogP) is 3.45. The number of benzene rings is 1. The van der Waals surface area contributed by atoms with Crippen LogP contribution in [0.4, 0.5) is 0 Å². The van der Waals surface area contributed by atoms with Crippen molar-refractivity contribution in [3.05, 3.63) is 35.9 Å². The van der Waals surface area contributed by atoms with Crippen LogP contribution in [0.2, 0.25) is 0 Å². The zero-order chi connectivity index (χ0) is 43.5. The van der Waals surface area contributed by atoms with Gasteiger partial charge in [0, 0.05) is 37.1 Å². The molecule has 7 unspecified atom stereocenters. The Balaban J connectivity index is 1.75. The molecule has 0 aromatic heterocycles. The molecule has 3 heterocycles. The van der Waals surface area contributed by atoms with Crippen LogP contribution in [0.1, 0.15) is 107 Å². The zero-order valence-corrected chi connectivity index (χ0v) is 36.3. The van der Waals surface area contributed by atoms with E-state index in [1.165, 1.54) is 20.8 Å². The van der Waals surface area contributed by atoms with Crippen molar-refractivity contribution in [2.75, 3.05) is 6.54 Å². The molecule has 0 spiro atoms. The van der Waals surface area contributed by atoms with E-state index in [2.05, 4.69) is 5.32 Å². The van der Waals surface area contributed by atoms with Crippen molar-refractivity contribution in [1.29, 1.82) is 0 Å². The number of nitrogens with one attached hydrogen (secondary N) is 1. The van der Waals surface area contributed by atoms with Crippen LogP contribution < -0.4 is 5.32 Å². The number of aliphatic hydroxyl groups is 5. The van der Waals surface area contributed by atoms with Gasteiger partial charge in [0.25, 0.3) is 0 Å². The van der Waals surface area contributed by atoms with E-state index in [0.717, 1.165) is 5.56 Å². The van der Waals surface area contributed by atoms with Gasteiger partial charge in [-0.2, -0.15) is 0 Å². The van der Waals surface area contributed by atoms with Crippen LogP contribution in [0.25, 0.3) is 0 Å². The minimum absolute atomic E-state index is 0.0273. The lowest BCUT2D eigenvalue weighted by Gasteiger charge is -2.48. The SMILES string of the molecule is CC1CC(C)C(O)C(O[C@@H]2[C@@H](C)[C@H](OC3CC(C)(C)C(O)C(C)O3)[C@@H](C)C(=O)O[C@H](CCNC(=O)Cc3ccccc3)[C@@](C)(O)[C@H](O)[C@@H](C)C(=O)[C@H](C)C[C@@]2(C)O)O1. The van der Waals surface area contributed by atoms with Gasteiger partial charge in [-0.05, 0) is 64.4 Å². The highest BCUT2D eigenvalue weighted by Gasteiger charge is 2.53. The van der Waals surface area contributed by atoms with Gasteiger partial charge < -0.3 is 54.5 Å². The van der Waals surface area contributed by atoms with Crippen LogP contribution in [0.15, 0.2) is 30.3 Å². The number of ether oxygens (including phenoxy) is 5. The molecule has 1 aromatic rings. The number of hydrogen-bond donors (Lipinski definition) is 6. The third-order valence-corrected chi connectivity index (χ3v) is 12.9. The molecule has 4 rings (SSSR count). The van der Waals surface area contributed by atoms with E-state index in [9.17, 15) is 39.9 Å². The van der Waals surface area contributed by atoms with Crippen molar-refractivity contribution < 1.29 is 63.6 Å². The number of aliphatic hydroxyl groups excluding tert-OH is 3. The Bertz CT molecular complexity index is 1520. The van der Waals surface area contributed by atoms with Gasteiger partial charge in [-0.15, -0.1) is 0 Å². The van der Waals surface area contributed by atoms with E-state index >= 15 is 0 Å². The number of Topliss-reactive ketones (excluding diaryl/α,β-unsaturated/α-hetero) is 1. The Kier molecular flexibility index (Phi) is 16.1. The number of esters is 1. The van der Waals surface area contributed by atoms with Crippen molar-refractivity contribution in [2.45, 2.75) is 181 Å². The van der Waals surface area contributed by atoms with Gasteiger partial charge in [0.1, 0.15) is 23.6 Å². The van der Waals surface area contributed by atoms with Crippen LogP contribution in [0, 0.1) is 35.0 Å². The number of rotatable bonds is 9. The summed E-state index contributed by atoms with van der Waals surface area (Å²) in [5, 5.41) is 61.1. The highest BCUT2D eigenvalue weighted by molar-refractivity contribution is 5.83. The Morgan fingerprint density at radius 2 is 1.50 bits per heavy atom. The number of cyclic esters (lactones) is 1. The normalized spacial score (nSPS) is 43.2. The van der Waals surface area contributed by atoms with Crippen molar-refractivity contribution in [2.24, 2.45) is 35.0 Å². The van der Waals surface area contributed by atoms with Crippen LogP contribution in [-0.4, -0.2) is 122 Å². The number of carbonyl (C=O) groups is 3. The maximum atomic E-state index is 14.5. The van der Waals surface area contributed by atoms with Gasteiger partial charge in [0.15, 0.2) is 12.6 Å². The Morgan fingerprint density at radius 1 is 0.862 bits per heavy atom. The molecule has 14 heteroatoms. The molecule has 0 saturated carbocycles. The molecule has 3 aliphatic heterocycles. The molecule has 0 bridgehead atoms. The molecule has 6 N–H and O–H groups in total. The molecular weight excluding hydrogens is 750 g/mol. The number of hydrogen-bond acceptors (Lipinski definition) is 13. The fraction of sp³-hybridized carbons (Fsp3) is 0.795. The molecule has 0 radical (unpaired) electrons. The van der Waals surface area contributed by atoms with Gasteiger partial charge in [-0.3, -0.25) is 14.4 Å². The molecule has 58 heavy (non-hydrogen) atoms. The molecule has 17 atom stereocenters. The summed E-state index contributed by atoms with van der Waals surface area (Å²) in [7, 11) is 0. The molecule has 0 aliphatic carbocycles. The van der Waals surface area contributed by atoms with Crippen molar-refractivity contribution in [3.8, 4) is 0 Å². The number of amides is 1. The van der Waals surface area contributed by atoms with Crippen LogP contribution in [0.5, 0.6) is 0 Å². The van der Waals surface area contributed by atoms with Gasteiger partial charge in [-0.25, -0.2) is 0 Å². The Hall–Kier alpha value is -2.53. The van der Waals surface area contributed by atoms with E-state index in [0.29, 0.717) is 6.42 Å². The third kappa shape index (κ3) is 11.4. The summed E-state index contributed by atoms with van der Waals surface area (Å²) in [6, 6.07) is 9.14. The van der Waals surface area contributed by atoms with Crippen molar-refractivity contribution in [3.63, 3.8) is 0 Å². The first-order valence-electron chi connectivity index (χ1n) is 21.0. The third-order valence-electron chi connectivity index (χ3n) is 12.9. The lowest BCUT2D eigenvalue weighted by molar-refractivity contribution is -0.312. The predicted molar refractivity (Wildman–Crippen MR) is 214 cm³/mol. The average molecular weight is 822 g/mol. The molecule has 1 aromatic carbocycles. The first-order valence-corrected chi connectivity index (χ1v) is 21.0. The highest BCUT2D eigenvalue weighted by Crippen LogP contribution is 2.42. The summed E-state index contributed by atoms with van der Waals surface area (Å²) in [5.41, 5.74) is -3.81. The largest absolute Gasteiger partial charge is 0.459 e. The van der Waals surface area contributed by atoms with Gasteiger partial charge >= 0.3 is 5.97 Å². The minimum atomic E-state index is -2.17. The lowest BCUT2D eigenvalue weighted by Crippen LogP contribution is -2.59. The molecule has 14 nitrogen and oxygen atoms in total. The summed E-state index contributed by atoms with van der Waals surface area (Å²) < 4.78 is 31.6. The summed E-state index contributed by atoms with van der Waals surface area (Å²) in [6.07, 6.45) is -9.61. The second-order valence-corrected chi connectivity index (χ2v) is 18.8. The molecule has 3 saturated heterocycles. The quantitative estimate of drug-likeness (QED) is 0.198. The maximum absolute atomic E-state index is 14.5. The molecule has 1 amide bonds. The van der Waals surface area contributed by atoms with E-state index in [-0.39, 0.29) is 50.2 Å². The molecule has 3 fully saturated rings. The minimum Gasteiger partial charge on any atom is -0.459 e. The van der Waals surface area contributed by atoms with E-state index < -0.39 is 107 Å². The second-order valence-electron chi connectivity index (χ2n) is 18.8.